The molecule has 1 aromatic rings. The van der Waals surface area contributed by atoms with Crippen molar-refractivity contribution >= 4 is 29.0 Å². The van der Waals surface area contributed by atoms with Crippen molar-refractivity contribution < 1.29 is 9.53 Å². The van der Waals surface area contributed by atoms with Crippen LogP contribution in [0, 0.1) is 11.3 Å². The molecule has 0 saturated carbocycles. The number of halogens is 1. The molecule has 2 rings (SSSR count). The van der Waals surface area contributed by atoms with Crippen molar-refractivity contribution in [1.29, 1.82) is 5.41 Å². The van der Waals surface area contributed by atoms with Crippen LogP contribution in [0.15, 0.2) is 29.3 Å². The summed E-state index contributed by atoms with van der Waals surface area (Å²) in [4.78, 5) is 17.0. The van der Waals surface area contributed by atoms with E-state index in [9.17, 15) is 4.79 Å². The van der Waals surface area contributed by atoms with Gasteiger partial charge in [-0.1, -0.05) is 29.8 Å². The van der Waals surface area contributed by atoms with Gasteiger partial charge in [-0.25, -0.2) is 0 Å². The van der Waals surface area contributed by atoms with Crippen LogP contribution in [0.2, 0.25) is 5.02 Å². The van der Waals surface area contributed by atoms with Crippen LogP contribution in [0.5, 0.6) is 0 Å². The SMILES string of the molecule is CC1=NC(C)C(=N)C(c2ccccc2Cl)C1C(=O)OC(C)C. The molecule has 0 saturated heterocycles. The zero-order valence-electron chi connectivity index (χ0n) is 13.3. The number of aliphatic imine (C=N–C) groups is 1. The van der Waals surface area contributed by atoms with Crippen molar-refractivity contribution in [3.8, 4) is 0 Å². The summed E-state index contributed by atoms with van der Waals surface area (Å²) in [6.45, 7) is 7.30. The Labute approximate surface area is 136 Å². The highest BCUT2D eigenvalue weighted by atomic mass is 35.5. The van der Waals surface area contributed by atoms with Crippen LogP contribution in [0.25, 0.3) is 0 Å². The molecule has 1 heterocycles. The first kappa shape index (κ1) is 16.7. The molecule has 1 aromatic carbocycles. The van der Waals surface area contributed by atoms with Crippen molar-refractivity contribution in [2.75, 3.05) is 0 Å². The first-order valence-electron chi connectivity index (χ1n) is 7.40. The molecule has 0 fully saturated rings. The molecule has 1 aliphatic rings. The van der Waals surface area contributed by atoms with Crippen LogP contribution >= 0.6 is 11.6 Å². The Bertz CT molecular complexity index is 625. The number of ether oxygens (including phenoxy) is 1. The van der Waals surface area contributed by atoms with E-state index in [-0.39, 0.29) is 18.1 Å². The average Bonchev–Trinajstić information content (AvgIpc) is 2.42. The van der Waals surface area contributed by atoms with Gasteiger partial charge in [0.25, 0.3) is 0 Å². The molecule has 0 spiro atoms. The molecule has 1 aliphatic heterocycles. The zero-order chi connectivity index (χ0) is 16.4. The summed E-state index contributed by atoms with van der Waals surface area (Å²) in [5.74, 6) is -1.36. The van der Waals surface area contributed by atoms with Gasteiger partial charge in [-0.15, -0.1) is 0 Å². The molecule has 5 heteroatoms. The minimum Gasteiger partial charge on any atom is -0.462 e. The van der Waals surface area contributed by atoms with E-state index in [1.54, 1.807) is 6.07 Å². The van der Waals surface area contributed by atoms with E-state index >= 15 is 0 Å². The molecule has 3 atom stereocenters. The third-order valence-corrected chi connectivity index (χ3v) is 4.16. The fourth-order valence-corrected chi connectivity index (χ4v) is 3.08. The lowest BCUT2D eigenvalue weighted by Gasteiger charge is -2.33. The topological polar surface area (TPSA) is 62.5 Å². The van der Waals surface area contributed by atoms with Crippen molar-refractivity contribution in [2.45, 2.75) is 45.8 Å². The highest BCUT2D eigenvalue weighted by Gasteiger charge is 2.41. The van der Waals surface area contributed by atoms with E-state index in [1.165, 1.54) is 0 Å². The first-order valence-corrected chi connectivity index (χ1v) is 7.78. The Morgan fingerprint density at radius 1 is 1.36 bits per heavy atom. The molecule has 3 unspecified atom stereocenters. The van der Waals surface area contributed by atoms with Gasteiger partial charge in [0.1, 0.15) is 5.92 Å². The summed E-state index contributed by atoms with van der Waals surface area (Å²) in [6, 6.07) is 7.09. The Morgan fingerprint density at radius 2 is 2.00 bits per heavy atom. The molecule has 22 heavy (non-hydrogen) atoms. The monoisotopic (exact) mass is 320 g/mol. The maximum absolute atomic E-state index is 12.5. The number of carbonyl (C=O) groups excluding carboxylic acids is 1. The number of nitrogens with one attached hydrogen (secondary N) is 1. The fourth-order valence-electron chi connectivity index (χ4n) is 2.82. The van der Waals surface area contributed by atoms with Gasteiger partial charge in [-0.3, -0.25) is 9.79 Å². The molecule has 1 N–H and O–H groups in total. The maximum atomic E-state index is 12.5. The van der Waals surface area contributed by atoms with Gasteiger partial charge >= 0.3 is 5.97 Å². The lowest BCUT2D eigenvalue weighted by Crippen LogP contribution is -2.42. The van der Waals surface area contributed by atoms with Gasteiger partial charge in [0, 0.05) is 22.4 Å². The van der Waals surface area contributed by atoms with E-state index in [1.807, 2.05) is 45.9 Å². The Morgan fingerprint density at radius 3 is 2.59 bits per heavy atom. The van der Waals surface area contributed by atoms with Gasteiger partial charge in [-0.2, -0.15) is 0 Å². The van der Waals surface area contributed by atoms with Crippen LogP contribution in [0.3, 0.4) is 0 Å². The summed E-state index contributed by atoms with van der Waals surface area (Å²) >= 11 is 6.31. The number of benzene rings is 1. The summed E-state index contributed by atoms with van der Waals surface area (Å²) < 4.78 is 5.38. The van der Waals surface area contributed by atoms with E-state index in [4.69, 9.17) is 21.7 Å². The second-order valence-corrected chi connectivity index (χ2v) is 6.27. The largest absolute Gasteiger partial charge is 0.462 e. The number of esters is 1. The molecule has 0 radical (unpaired) electrons. The summed E-state index contributed by atoms with van der Waals surface area (Å²) in [5, 5.41) is 8.97. The smallest absolute Gasteiger partial charge is 0.315 e. The van der Waals surface area contributed by atoms with Gasteiger partial charge < -0.3 is 10.1 Å². The number of hydrogen-bond acceptors (Lipinski definition) is 4. The van der Waals surface area contributed by atoms with Gasteiger partial charge in [-0.05, 0) is 39.3 Å². The average molecular weight is 321 g/mol. The number of carbonyl (C=O) groups is 1. The van der Waals surface area contributed by atoms with Crippen molar-refractivity contribution in [3.05, 3.63) is 34.9 Å². The zero-order valence-corrected chi connectivity index (χ0v) is 14.0. The van der Waals surface area contributed by atoms with E-state index in [2.05, 4.69) is 4.99 Å². The first-order chi connectivity index (χ1) is 10.3. The van der Waals surface area contributed by atoms with Crippen LogP contribution in [0.4, 0.5) is 0 Å². The molecular weight excluding hydrogens is 300 g/mol. The highest BCUT2D eigenvalue weighted by Crippen LogP contribution is 2.37. The van der Waals surface area contributed by atoms with E-state index < -0.39 is 11.8 Å². The van der Waals surface area contributed by atoms with Crippen LogP contribution < -0.4 is 0 Å². The Kier molecular flexibility index (Phi) is 5.01. The molecule has 4 nitrogen and oxygen atoms in total. The van der Waals surface area contributed by atoms with Gasteiger partial charge in [0.05, 0.1) is 12.1 Å². The van der Waals surface area contributed by atoms with Crippen LogP contribution in [-0.4, -0.2) is 29.5 Å². The summed E-state index contributed by atoms with van der Waals surface area (Å²) in [7, 11) is 0. The highest BCUT2D eigenvalue weighted by molar-refractivity contribution is 6.32. The van der Waals surface area contributed by atoms with Crippen LogP contribution in [0.1, 0.15) is 39.2 Å². The normalized spacial score (nSPS) is 25.1. The van der Waals surface area contributed by atoms with Gasteiger partial charge in [0.2, 0.25) is 0 Å². The maximum Gasteiger partial charge on any atom is 0.315 e. The molecule has 0 amide bonds. The molecule has 118 valence electrons. The predicted octanol–water partition coefficient (Wildman–Crippen LogP) is 3.87. The Hall–Kier alpha value is -1.68. The van der Waals surface area contributed by atoms with Crippen molar-refractivity contribution in [3.63, 3.8) is 0 Å². The van der Waals surface area contributed by atoms with Gasteiger partial charge in [0.15, 0.2) is 0 Å². The van der Waals surface area contributed by atoms with E-state index in [0.29, 0.717) is 16.4 Å². The lowest BCUT2D eigenvalue weighted by molar-refractivity contribution is -0.150. The standard InChI is InChI=1S/C17H21ClN2O2/c1-9(2)22-17(21)14-10(3)20-11(4)16(19)15(14)12-7-5-6-8-13(12)18/h5-9,11,14-15,19H,1-4H3. The second kappa shape index (κ2) is 6.61. The number of nitrogens with zero attached hydrogens (tertiary/aromatic N) is 1. The molecule has 0 aliphatic carbocycles. The quantitative estimate of drug-likeness (QED) is 0.859. The fraction of sp³-hybridized carbons (Fsp3) is 0.471. The predicted molar refractivity (Wildman–Crippen MR) is 89.2 cm³/mol. The van der Waals surface area contributed by atoms with E-state index in [0.717, 1.165) is 5.56 Å². The van der Waals surface area contributed by atoms with Crippen LogP contribution in [-0.2, 0) is 9.53 Å². The molecule has 0 aromatic heterocycles. The summed E-state index contributed by atoms with van der Waals surface area (Å²) in [5.41, 5.74) is 1.87. The molecular formula is C17H21ClN2O2. The minimum absolute atomic E-state index is 0.208. The van der Waals surface area contributed by atoms with Crippen molar-refractivity contribution in [2.24, 2.45) is 10.9 Å². The third kappa shape index (κ3) is 3.22. The number of hydrogen-bond donors (Lipinski definition) is 1. The Balaban J connectivity index is 2.50. The molecule has 0 bridgehead atoms. The number of rotatable bonds is 3. The lowest BCUT2D eigenvalue weighted by atomic mass is 9.76. The van der Waals surface area contributed by atoms with Crippen molar-refractivity contribution in [1.82, 2.24) is 0 Å². The minimum atomic E-state index is -0.592. The second-order valence-electron chi connectivity index (χ2n) is 5.86. The summed E-state index contributed by atoms with van der Waals surface area (Å²) in [6.07, 6.45) is -0.208. The third-order valence-electron chi connectivity index (χ3n) is 3.81.